The highest BCUT2D eigenvalue weighted by atomic mass is 16.5. The molecule has 0 saturated heterocycles. The van der Waals surface area contributed by atoms with Crippen LogP contribution in [0.5, 0.6) is 5.75 Å². The monoisotopic (exact) mass is 473 g/mol. The Bertz CT molecular complexity index is 605. The summed E-state index contributed by atoms with van der Waals surface area (Å²) in [4.78, 5) is 0. The average Bonchev–Trinajstić information content (AvgIpc) is 2.84. The Morgan fingerprint density at radius 3 is 1.59 bits per heavy atom. The SMILES string of the molecule is CCCCCCCCCCCCC(CCCCCCCCCC)COc1cc(N)ccc1N=N. The number of nitrogen functional groups attached to an aromatic ring is 1. The summed E-state index contributed by atoms with van der Waals surface area (Å²) in [5, 5.41) is 3.60. The molecule has 1 aromatic rings. The number of hydrogen-bond acceptors (Lipinski definition) is 4. The number of hydrogen-bond donors (Lipinski definition) is 2. The molecule has 4 heteroatoms. The molecular weight excluding hydrogens is 418 g/mol. The number of anilines is 1. The van der Waals surface area contributed by atoms with Crippen LogP contribution in [0.3, 0.4) is 0 Å². The molecule has 0 radical (unpaired) electrons. The fourth-order valence-corrected chi connectivity index (χ4v) is 4.74. The molecule has 196 valence electrons. The minimum atomic E-state index is 0.568. The predicted octanol–water partition coefficient (Wildman–Crippen LogP) is 10.8. The summed E-state index contributed by atoms with van der Waals surface area (Å²) in [5.74, 6) is 1.23. The summed E-state index contributed by atoms with van der Waals surface area (Å²) in [5.41, 5.74) is 14.6. The van der Waals surface area contributed by atoms with E-state index >= 15 is 0 Å². The number of nitrogens with two attached hydrogens (primary N) is 1. The lowest BCUT2D eigenvalue weighted by Crippen LogP contribution is -2.13. The van der Waals surface area contributed by atoms with Gasteiger partial charge in [-0.15, -0.1) is 0 Å². The first-order valence-corrected chi connectivity index (χ1v) is 14.6. The predicted molar refractivity (Wildman–Crippen MR) is 148 cm³/mol. The van der Waals surface area contributed by atoms with Crippen LogP contribution in [0.4, 0.5) is 11.4 Å². The third kappa shape index (κ3) is 16.1. The number of unbranched alkanes of at least 4 members (excludes halogenated alkanes) is 16. The molecule has 0 aliphatic carbocycles. The number of rotatable bonds is 24. The van der Waals surface area contributed by atoms with Crippen molar-refractivity contribution in [1.82, 2.24) is 0 Å². The quantitative estimate of drug-likeness (QED) is 0.0890. The minimum Gasteiger partial charge on any atom is -0.491 e. The van der Waals surface area contributed by atoms with Crippen LogP contribution in [0.1, 0.15) is 142 Å². The van der Waals surface area contributed by atoms with E-state index in [1.165, 1.54) is 128 Å². The van der Waals surface area contributed by atoms with Gasteiger partial charge >= 0.3 is 0 Å². The van der Waals surface area contributed by atoms with Crippen molar-refractivity contribution in [3.8, 4) is 5.75 Å². The third-order valence-corrected chi connectivity index (χ3v) is 7.01. The van der Waals surface area contributed by atoms with Gasteiger partial charge < -0.3 is 10.5 Å². The number of benzene rings is 1. The molecule has 1 unspecified atom stereocenters. The van der Waals surface area contributed by atoms with E-state index in [1.54, 1.807) is 18.2 Å². The summed E-state index contributed by atoms with van der Waals surface area (Å²) in [7, 11) is 0. The van der Waals surface area contributed by atoms with E-state index in [0.29, 0.717) is 29.6 Å². The molecule has 0 aromatic heterocycles. The van der Waals surface area contributed by atoms with Gasteiger partial charge in [-0.05, 0) is 30.9 Å². The van der Waals surface area contributed by atoms with Crippen LogP contribution in [0.25, 0.3) is 0 Å². The van der Waals surface area contributed by atoms with Crippen LogP contribution in [-0.4, -0.2) is 6.61 Å². The maximum absolute atomic E-state index is 7.40. The Balaban J connectivity index is 2.33. The first-order chi connectivity index (χ1) is 16.7. The molecule has 1 rings (SSSR count). The Hall–Kier alpha value is -1.58. The molecule has 0 bridgehead atoms. The lowest BCUT2D eigenvalue weighted by atomic mass is 9.94. The number of nitrogens with one attached hydrogen (secondary N) is 1. The van der Waals surface area contributed by atoms with Crippen molar-refractivity contribution >= 4 is 11.4 Å². The van der Waals surface area contributed by atoms with Crippen molar-refractivity contribution in [3.05, 3.63) is 18.2 Å². The fraction of sp³-hybridized carbons (Fsp3) is 0.800. The van der Waals surface area contributed by atoms with E-state index in [4.69, 9.17) is 16.0 Å². The second-order valence-electron chi connectivity index (χ2n) is 10.3. The molecule has 0 aliphatic rings. The Morgan fingerprint density at radius 2 is 1.15 bits per heavy atom. The van der Waals surface area contributed by atoms with Gasteiger partial charge in [-0.25, -0.2) is 5.53 Å². The summed E-state index contributed by atoms with van der Waals surface area (Å²) in [6, 6.07) is 5.36. The van der Waals surface area contributed by atoms with Gasteiger partial charge in [0.15, 0.2) is 0 Å². The molecule has 0 heterocycles. The van der Waals surface area contributed by atoms with Crippen LogP contribution < -0.4 is 10.5 Å². The molecular formula is C30H55N3O. The molecule has 0 saturated carbocycles. The van der Waals surface area contributed by atoms with Gasteiger partial charge in [-0.3, -0.25) is 0 Å². The van der Waals surface area contributed by atoms with E-state index in [9.17, 15) is 0 Å². The second kappa shape index (κ2) is 21.9. The summed E-state index contributed by atoms with van der Waals surface area (Å²) >= 11 is 0. The molecule has 0 fully saturated rings. The number of ether oxygens (including phenoxy) is 1. The van der Waals surface area contributed by atoms with Crippen LogP contribution >= 0.6 is 0 Å². The van der Waals surface area contributed by atoms with Gasteiger partial charge in [-0.2, -0.15) is 5.11 Å². The molecule has 34 heavy (non-hydrogen) atoms. The van der Waals surface area contributed by atoms with Crippen molar-refractivity contribution in [2.24, 2.45) is 11.0 Å². The second-order valence-corrected chi connectivity index (χ2v) is 10.3. The lowest BCUT2D eigenvalue weighted by Gasteiger charge is -2.19. The molecule has 0 aliphatic heterocycles. The molecule has 0 spiro atoms. The summed E-state index contributed by atoms with van der Waals surface area (Å²) in [6.07, 6.45) is 27.2. The van der Waals surface area contributed by atoms with Crippen molar-refractivity contribution in [2.45, 2.75) is 142 Å². The Labute approximate surface area is 211 Å². The van der Waals surface area contributed by atoms with Crippen LogP contribution in [0.2, 0.25) is 0 Å². The van der Waals surface area contributed by atoms with Crippen molar-refractivity contribution < 1.29 is 4.74 Å². The molecule has 3 N–H and O–H groups in total. The fourth-order valence-electron chi connectivity index (χ4n) is 4.74. The molecule has 1 atom stereocenters. The molecule has 0 amide bonds. The van der Waals surface area contributed by atoms with Gasteiger partial charge in [0.1, 0.15) is 11.4 Å². The normalized spacial score (nSPS) is 12.1. The van der Waals surface area contributed by atoms with Gasteiger partial charge in [0.05, 0.1) is 6.61 Å². The van der Waals surface area contributed by atoms with E-state index in [2.05, 4.69) is 19.0 Å². The molecule has 4 nitrogen and oxygen atoms in total. The Kier molecular flexibility index (Phi) is 19.6. The van der Waals surface area contributed by atoms with Crippen molar-refractivity contribution in [1.29, 1.82) is 5.53 Å². The van der Waals surface area contributed by atoms with Gasteiger partial charge in [0, 0.05) is 11.8 Å². The highest BCUT2D eigenvalue weighted by Gasteiger charge is 2.12. The zero-order valence-corrected chi connectivity index (χ0v) is 22.6. The highest BCUT2D eigenvalue weighted by Crippen LogP contribution is 2.31. The van der Waals surface area contributed by atoms with Gasteiger partial charge in [0.25, 0.3) is 0 Å². The first-order valence-electron chi connectivity index (χ1n) is 14.6. The van der Waals surface area contributed by atoms with Crippen molar-refractivity contribution in [3.63, 3.8) is 0 Å². The first kappa shape index (κ1) is 30.5. The van der Waals surface area contributed by atoms with Crippen LogP contribution in [0, 0.1) is 11.4 Å². The summed E-state index contributed by atoms with van der Waals surface area (Å²) in [6.45, 7) is 5.27. The van der Waals surface area contributed by atoms with E-state index in [-0.39, 0.29) is 0 Å². The largest absolute Gasteiger partial charge is 0.491 e. The third-order valence-electron chi connectivity index (χ3n) is 7.01. The van der Waals surface area contributed by atoms with E-state index in [0.717, 1.165) is 0 Å². The smallest absolute Gasteiger partial charge is 0.148 e. The topological polar surface area (TPSA) is 71.5 Å². The highest BCUT2D eigenvalue weighted by molar-refractivity contribution is 5.58. The average molecular weight is 474 g/mol. The maximum atomic E-state index is 7.40. The standard InChI is InChI=1S/C30H55N3O/c1-3-5-7-9-11-13-14-16-18-20-22-27(21-19-17-15-12-10-8-6-4-2)26-34-30-25-28(31)23-24-29(30)33-32/h23-25,27,32H,3-22,26,31H2,1-2H3. The zero-order valence-electron chi connectivity index (χ0n) is 22.6. The van der Waals surface area contributed by atoms with E-state index < -0.39 is 0 Å². The number of nitrogens with zero attached hydrogens (tertiary/aromatic N) is 1. The van der Waals surface area contributed by atoms with Crippen molar-refractivity contribution in [2.75, 3.05) is 12.3 Å². The molecule has 1 aromatic carbocycles. The van der Waals surface area contributed by atoms with Gasteiger partial charge in [-0.1, -0.05) is 129 Å². The Morgan fingerprint density at radius 1 is 0.706 bits per heavy atom. The van der Waals surface area contributed by atoms with E-state index in [1.807, 2.05) is 0 Å². The zero-order chi connectivity index (χ0) is 24.7. The lowest BCUT2D eigenvalue weighted by molar-refractivity contribution is 0.224. The van der Waals surface area contributed by atoms with Gasteiger partial charge in [0.2, 0.25) is 0 Å². The van der Waals surface area contributed by atoms with Crippen LogP contribution in [-0.2, 0) is 0 Å². The summed E-state index contributed by atoms with van der Waals surface area (Å²) < 4.78 is 6.14. The maximum Gasteiger partial charge on any atom is 0.148 e. The minimum absolute atomic E-state index is 0.568. The van der Waals surface area contributed by atoms with Crippen LogP contribution in [0.15, 0.2) is 23.3 Å².